The van der Waals surface area contributed by atoms with E-state index >= 15 is 0 Å². The molecule has 0 unspecified atom stereocenters. The second-order valence-corrected chi connectivity index (χ2v) is 6.65. The summed E-state index contributed by atoms with van der Waals surface area (Å²) in [6.07, 6.45) is 0.0248. The van der Waals surface area contributed by atoms with Crippen molar-refractivity contribution in [3.05, 3.63) is 0 Å². The van der Waals surface area contributed by atoms with Crippen LogP contribution < -0.4 is 0 Å². The first kappa shape index (κ1) is 15.9. The number of hydrogen-bond donors (Lipinski definition) is 1. The number of amides is 3. The third-order valence-corrected chi connectivity index (χ3v) is 3.55. The largest absolute Gasteiger partial charge is 0.444 e. The zero-order valence-corrected chi connectivity index (χ0v) is 13.0. The van der Waals surface area contributed by atoms with Crippen LogP contribution in [0.2, 0.25) is 0 Å². The average molecular weight is 299 g/mol. The molecule has 7 heteroatoms. The van der Waals surface area contributed by atoms with Gasteiger partial charge in [-0.15, -0.1) is 0 Å². The second kappa shape index (κ2) is 6.09. The van der Waals surface area contributed by atoms with E-state index in [9.17, 15) is 14.7 Å². The zero-order valence-electron chi connectivity index (χ0n) is 13.0. The minimum Gasteiger partial charge on any atom is -0.444 e. The Bertz CT molecular complexity index is 402. The van der Waals surface area contributed by atoms with Crippen LogP contribution in [0.1, 0.15) is 27.2 Å². The number of aliphatic hydroxyl groups is 1. The molecule has 0 saturated carbocycles. The number of likely N-dealkylation sites (tertiary alicyclic amines) is 1. The molecule has 1 N–H and O–H groups in total. The predicted octanol–water partition coefficient (Wildman–Crippen LogP) is 0.726. The number of aliphatic hydroxyl groups excluding tert-OH is 1. The molecule has 3 amide bonds. The number of ether oxygens (including phenoxy) is 1. The monoisotopic (exact) mass is 299 g/mol. The Morgan fingerprint density at radius 3 is 2.14 bits per heavy atom. The highest BCUT2D eigenvalue weighted by molar-refractivity contribution is 5.75. The smallest absolute Gasteiger partial charge is 0.410 e. The van der Waals surface area contributed by atoms with Crippen molar-refractivity contribution in [1.82, 2.24) is 14.7 Å². The Morgan fingerprint density at radius 2 is 1.57 bits per heavy atom. The molecule has 2 heterocycles. The molecule has 0 spiro atoms. The van der Waals surface area contributed by atoms with Gasteiger partial charge in [0.2, 0.25) is 0 Å². The lowest BCUT2D eigenvalue weighted by Gasteiger charge is -2.39. The predicted molar refractivity (Wildman–Crippen MR) is 77.0 cm³/mol. The lowest BCUT2D eigenvalue weighted by molar-refractivity contribution is 0.0145. The van der Waals surface area contributed by atoms with Crippen LogP contribution in [-0.4, -0.2) is 82.9 Å². The zero-order chi connectivity index (χ0) is 15.6. The maximum absolute atomic E-state index is 12.2. The molecule has 2 rings (SSSR count). The Kier molecular flexibility index (Phi) is 4.61. The fraction of sp³-hybridized carbons (Fsp3) is 0.857. The molecule has 120 valence electrons. The van der Waals surface area contributed by atoms with Gasteiger partial charge in [-0.3, -0.25) is 0 Å². The third kappa shape index (κ3) is 4.23. The number of urea groups is 1. The number of hydrogen-bond acceptors (Lipinski definition) is 4. The second-order valence-electron chi connectivity index (χ2n) is 6.65. The first-order valence-corrected chi connectivity index (χ1v) is 7.46. The van der Waals surface area contributed by atoms with Crippen LogP contribution >= 0.6 is 0 Å². The van der Waals surface area contributed by atoms with Crippen LogP contribution in [0.25, 0.3) is 0 Å². The molecule has 0 atom stereocenters. The molecule has 0 radical (unpaired) electrons. The minimum atomic E-state index is -0.507. The van der Waals surface area contributed by atoms with Gasteiger partial charge in [-0.1, -0.05) is 0 Å². The van der Waals surface area contributed by atoms with Crippen molar-refractivity contribution >= 4 is 12.1 Å². The number of rotatable bonds is 0. The van der Waals surface area contributed by atoms with E-state index in [1.165, 1.54) is 0 Å². The molecule has 21 heavy (non-hydrogen) atoms. The Morgan fingerprint density at radius 1 is 1.00 bits per heavy atom. The SMILES string of the molecule is CC(C)(C)OC(=O)N1CCCN(C(=O)N2CC(O)C2)CC1. The van der Waals surface area contributed by atoms with E-state index in [-0.39, 0.29) is 18.2 Å². The van der Waals surface area contributed by atoms with Crippen LogP contribution in [-0.2, 0) is 4.74 Å². The molecular formula is C14H25N3O4. The maximum atomic E-state index is 12.2. The van der Waals surface area contributed by atoms with Gasteiger partial charge >= 0.3 is 12.1 Å². The maximum Gasteiger partial charge on any atom is 0.410 e. The summed E-state index contributed by atoms with van der Waals surface area (Å²) < 4.78 is 5.36. The highest BCUT2D eigenvalue weighted by atomic mass is 16.6. The summed E-state index contributed by atoms with van der Waals surface area (Å²) in [4.78, 5) is 29.3. The van der Waals surface area contributed by atoms with Gasteiger partial charge in [-0.05, 0) is 27.2 Å². The topological polar surface area (TPSA) is 73.3 Å². The number of carbonyl (C=O) groups excluding carboxylic acids is 2. The molecule has 0 aromatic carbocycles. The van der Waals surface area contributed by atoms with E-state index in [1.54, 1.807) is 14.7 Å². The van der Waals surface area contributed by atoms with E-state index in [4.69, 9.17) is 4.74 Å². The van der Waals surface area contributed by atoms with Crippen molar-refractivity contribution in [2.45, 2.75) is 38.9 Å². The van der Waals surface area contributed by atoms with E-state index in [1.807, 2.05) is 20.8 Å². The van der Waals surface area contributed by atoms with Crippen molar-refractivity contribution in [2.75, 3.05) is 39.3 Å². The average Bonchev–Trinajstić information content (AvgIpc) is 2.57. The molecule has 0 aromatic heterocycles. The van der Waals surface area contributed by atoms with Crippen LogP contribution in [0, 0.1) is 0 Å². The standard InChI is InChI=1S/C14H25N3O4/c1-14(2,3)21-13(20)16-6-4-5-15(7-8-16)12(19)17-9-11(18)10-17/h11,18H,4-10H2,1-3H3. The highest BCUT2D eigenvalue weighted by Crippen LogP contribution is 2.15. The van der Waals surface area contributed by atoms with Crippen molar-refractivity contribution in [3.8, 4) is 0 Å². The lowest BCUT2D eigenvalue weighted by atomic mass is 10.2. The Hall–Kier alpha value is -1.50. The summed E-state index contributed by atoms with van der Waals surface area (Å²) in [5, 5.41) is 9.26. The molecule has 2 aliphatic rings. The Labute approximate surface area is 125 Å². The quantitative estimate of drug-likeness (QED) is 0.715. The van der Waals surface area contributed by atoms with Crippen LogP contribution in [0.15, 0.2) is 0 Å². The van der Waals surface area contributed by atoms with Crippen molar-refractivity contribution < 1.29 is 19.4 Å². The summed E-state index contributed by atoms with van der Waals surface area (Å²) in [7, 11) is 0. The van der Waals surface area contributed by atoms with Crippen molar-refractivity contribution in [2.24, 2.45) is 0 Å². The minimum absolute atomic E-state index is 0.0497. The van der Waals surface area contributed by atoms with E-state index in [2.05, 4.69) is 0 Å². The fourth-order valence-corrected chi connectivity index (χ4v) is 2.43. The van der Waals surface area contributed by atoms with Gasteiger partial charge in [0.05, 0.1) is 19.2 Å². The Balaban J connectivity index is 1.84. The van der Waals surface area contributed by atoms with E-state index in [0.717, 1.165) is 6.42 Å². The van der Waals surface area contributed by atoms with Crippen molar-refractivity contribution in [1.29, 1.82) is 0 Å². The van der Waals surface area contributed by atoms with Crippen LogP contribution in [0.5, 0.6) is 0 Å². The van der Waals surface area contributed by atoms with E-state index < -0.39 is 5.60 Å². The van der Waals surface area contributed by atoms with Crippen molar-refractivity contribution in [3.63, 3.8) is 0 Å². The first-order valence-electron chi connectivity index (χ1n) is 7.46. The number of nitrogens with zero attached hydrogens (tertiary/aromatic N) is 3. The summed E-state index contributed by atoms with van der Waals surface area (Å²) >= 11 is 0. The first-order chi connectivity index (χ1) is 9.76. The lowest BCUT2D eigenvalue weighted by Crippen LogP contribution is -2.58. The summed E-state index contributed by atoms with van der Waals surface area (Å²) in [6, 6.07) is -0.0497. The molecule has 0 aromatic rings. The fourth-order valence-electron chi connectivity index (χ4n) is 2.43. The van der Waals surface area contributed by atoms with Gasteiger partial charge in [0.1, 0.15) is 5.60 Å². The van der Waals surface area contributed by atoms with E-state index in [0.29, 0.717) is 39.3 Å². The molecule has 7 nitrogen and oxygen atoms in total. The normalized spacial score (nSPS) is 20.9. The molecule has 0 aliphatic carbocycles. The van der Waals surface area contributed by atoms with Gasteiger partial charge in [0.15, 0.2) is 0 Å². The van der Waals surface area contributed by atoms with Crippen LogP contribution in [0.3, 0.4) is 0 Å². The van der Waals surface area contributed by atoms with Gasteiger partial charge in [0.25, 0.3) is 0 Å². The third-order valence-electron chi connectivity index (χ3n) is 3.55. The molecule has 0 bridgehead atoms. The molecule has 2 saturated heterocycles. The highest BCUT2D eigenvalue weighted by Gasteiger charge is 2.33. The summed E-state index contributed by atoms with van der Waals surface area (Å²) in [5.74, 6) is 0. The molecule has 2 fully saturated rings. The number of β-amino-alcohol motifs (C(OH)–C–C–N with tert-alkyl or cyclic N) is 1. The number of carbonyl (C=O) groups is 2. The summed E-state index contributed by atoms with van der Waals surface area (Å²) in [6.45, 7) is 8.55. The van der Waals surface area contributed by atoms with Gasteiger partial charge in [-0.2, -0.15) is 0 Å². The molecule has 2 aliphatic heterocycles. The van der Waals surface area contributed by atoms with Gasteiger partial charge in [-0.25, -0.2) is 9.59 Å². The van der Waals surface area contributed by atoms with Gasteiger partial charge in [0, 0.05) is 26.2 Å². The van der Waals surface area contributed by atoms with Gasteiger partial charge < -0.3 is 24.5 Å². The van der Waals surface area contributed by atoms with Crippen LogP contribution in [0.4, 0.5) is 9.59 Å². The summed E-state index contributed by atoms with van der Waals surface area (Å²) in [5.41, 5.74) is -0.507. The molecular weight excluding hydrogens is 274 g/mol.